The van der Waals surface area contributed by atoms with E-state index in [1.807, 2.05) is 0 Å². The second kappa shape index (κ2) is 47.1. The van der Waals surface area contributed by atoms with Crippen LogP contribution in [-0.2, 0) is 28.6 Å². The second-order valence-electron chi connectivity index (χ2n) is 16.4. The summed E-state index contributed by atoms with van der Waals surface area (Å²) in [4.78, 5) is 37.5. The van der Waals surface area contributed by atoms with E-state index in [0.717, 1.165) is 83.5 Å². The van der Waals surface area contributed by atoms with Crippen LogP contribution in [0.25, 0.3) is 0 Å². The number of hydrogen-bond acceptors (Lipinski definition) is 6. The Morgan fingerprint density at radius 3 is 1.05 bits per heavy atom. The van der Waals surface area contributed by atoms with Gasteiger partial charge in [-0.2, -0.15) is 0 Å². The Labute approximate surface area is 358 Å². The number of unbranched alkanes of at least 4 members (excludes halogenated alkanes) is 25. The van der Waals surface area contributed by atoms with Crippen molar-refractivity contribution in [2.75, 3.05) is 13.2 Å². The van der Waals surface area contributed by atoms with Gasteiger partial charge in [0, 0.05) is 19.3 Å². The van der Waals surface area contributed by atoms with E-state index in [9.17, 15) is 14.4 Å². The third kappa shape index (κ3) is 44.5. The minimum atomic E-state index is -0.764. The zero-order chi connectivity index (χ0) is 42.3. The third-order valence-electron chi connectivity index (χ3n) is 10.6. The van der Waals surface area contributed by atoms with Crippen molar-refractivity contribution >= 4 is 17.9 Å². The fraction of sp³-hybridized carbons (Fsp3) is 0.788. The van der Waals surface area contributed by atoms with Gasteiger partial charge in [0.25, 0.3) is 0 Å². The van der Waals surface area contributed by atoms with Crippen LogP contribution in [0.15, 0.2) is 48.6 Å². The number of hydrogen-bond donors (Lipinski definition) is 0. The Kier molecular flexibility index (Phi) is 44.9. The monoisotopic (exact) mass is 813 g/mol. The van der Waals surface area contributed by atoms with Gasteiger partial charge in [-0.15, -0.1) is 0 Å². The highest BCUT2D eigenvalue weighted by Gasteiger charge is 2.19. The average molecular weight is 813 g/mol. The van der Waals surface area contributed by atoms with Gasteiger partial charge in [-0.05, 0) is 57.8 Å². The Bertz CT molecular complexity index is 1030. The van der Waals surface area contributed by atoms with E-state index in [0.29, 0.717) is 19.3 Å². The fourth-order valence-corrected chi connectivity index (χ4v) is 6.90. The number of carbonyl (C=O) groups is 3. The van der Waals surface area contributed by atoms with Crippen LogP contribution in [0.3, 0.4) is 0 Å². The molecule has 0 aliphatic carbocycles. The molecule has 1 atom stereocenters. The van der Waals surface area contributed by atoms with Gasteiger partial charge in [-0.25, -0.2) is 0 Å². The molecule has 0 aliphatic heterocycles. The molecule has 0 saturated heterocycles. The SMILES string of the molecule is CC/C=C\C/C=C\C/C=C\C/C=C\CCCCCCCCCCCCCCC(=O)OCC(COC(=O)CCCCCCCC)OC(=O)CCCCCCCCCCC. The summed E-state index contributed by atoms with van der Waals surface area (Å²) in [7, 11) is 0. The summed E-state index contributed by atoms with van der Waals surface area (Å²) < 4.78 is 16.6. The maximum absolute atomic E-state index is 12.6. The first kappa shape index (κ1) is 55.4. The lowest BCUT2D eigenvalue weighted by Crippen LogP contribution is -2.30. The van der Waals surface area contributed by atoms with Gasteiger partial charge in [-0.3, -0.25) is 14.4 Å². The molecule has 0 aromatic heterocycles. The van der Waals surface area contributed by atoms with Gasteiger partial charge < -0.3 is 14.2 Å². The molecule has 336 valence electrons. The van der Waals surface area contributed by atoms with Gasteiger partial charge in [0.1, 0.15) is 13.2 Å². The summed E-state index contributed by atoms with van der Waals surface area (Å²) in [5, 5.41) is 0. The van der Waals surface area contributed by atoms with E-state index < -0.39 is 6.10 Å². The van der Waals surface area contributed by atoms with Crippen LogP contribution in [0.4, 0.5) is 0 Å². The van der Waals surface area contributed by atoms with Crippen molar-refractivity contribution in [2.45, 2.75) is 252 Å². The predicted molar refractivity (Wildman–Crippen MR) is 247 cm³/mol. The van der Waals surface area contributed by atoms with Crippen LogP contribution in [0.1, 0.15) is 245 Å². The molecule has 6 heteroatoms. The topological polar surface area (TPSA) is 78.9 Å². The number of esters is 3. The van der Waals surface area contributed by atoms with Crippen molar-refractivity contribution in [3.05, 3.63) is 48.6 Å². The first-order valence-corrected chi connectivity index (χ1v) is 24.6. The molecule has 58 heavy (non-hydrogen) atoms. The fourth-order valence-electron chi connectivity index (χ4n) is 6.90. The molecule has 0 aromatic carbocycles. The molecule has 0 saturated carbocycles. The van der Waals surface area contributed by atoms with E-state index in [-0.39, 0.29) is 31.1 Å². The molecule has 0 spiro atoms. The normalized spacial score (nSPS) is 12.4. The van der Waals surface area contributed by atoms with Crippen molar-refractivity contribution in [3.63, 3.8) is 0 Å². The number of rotatable bonds is 44. The van der Waals surface area contributed by atoms with Gasteiger partial charge in [0.2, 0.25) is 0 Å². The van der Waals surface area contributed by atoms with E-state index in [4.69, 9.17) is 14.2 Å². The quantitative estimate of drug-likeness (QED) is 0.0264. The highest BCUT2D eigenvalue weighted by Crippen LogP contribution is 2.15. The third-order valence-corrected chi connectivity index (χ3v) is 10.6. The Balaban J connectivity index is 4.04. The smallest absolute Gasteiger partial charge is 0.306 e. The Morgan fingerprint density at radius 1 is 0.362 bits per heavy atom. The summed E-state index contributed by atoms with van der Waals surface area (Å²) in [6, 6.07) is 0. The summed E-state index contributed by atoms with van der Waals surface area (Å²) in [6.07, 6.45) is 55.6. The lowest BCUT2D eigenvalue weighted by molar-refractivity contribution is -0.167. The minimum absolute atomic E-state index is 0.0713. The van der Waals surface area contributed by atoms with E-state index in [2.05, 4.69) is 69.4 Å². The molecule has 0 radical (unpaired) electrons. The number of allylic oxidation sites excluding steroid dienone is 8. The highest BCUT2D eigenvalue weighted by molar-refractivity contribution is 5.71. The zero-order valence-corrected chi connectivity index (χ0v) is 38.3. The number of ether oxygens (including phenoxy) is 3. The zero-order valence-electron chi connectivity index (χ0n) is 38.3. The molecule has 6 nitrogen and oxygen atoms in total. The van der Waals surface area contributed by atoms with E-state index in [1.54, 1.807) is 0 Å². The number of carbonyl (C=O) groups excluding carboxylic acids is 3. The van der Waals surface area contributed by atoms with Gasteiger partial charge in [-0.1, -0.05) is 217 Å². The summed E-state index contributed by atoms with van der Waals surface area (Å²) in [6.45, 7) is 6.45. The standard InChI is InChI=1S/C52H92O6/c1-4-7-10-13-16-18-19-20-21-22-23-24-25-26-27-28-29-30-31-32-33-35-36-39-42-45-51(54)57-48-49(47-56-50(53)44-41-38-15-12-9-6-3)58-52(55)46-43-40-37-34-17-14-11-8-5-2/h7,10,16,18,20-21,23-24,49H,4-6,8-9,11-15,17,19,22,25-48H2,1-3H3/b10-7-,18-16-,21-20-,24-23-. The maximum Gasteiger partial charge on any atom is 0.306 e. The van der Waals surface area contributed by atoms with Crippen LogP contribution in [0.5, 0.6) is 0 Å². The molecule has 0 bridgehead atoms. The highest BCUT2D eigenvalue weighted by atomic mass is 16.6. The Morgan fingerprint density at radius 2 is 0.672 bits per heavy atom. The molecule has 0 aromatic rings. The Hall–Kier alpha value is -2.63. The van der Waals surface area contributed by atoms with Crippen molar-refractivity contribution in [1.29, 1.82) is 0 Å². The summed E-state index contributed by atoms with van der Waals surface area (Å²) in [5.74, 6) is -0.882. The van der Waals surface area contributed by atoms with E-state index >= 15 is 0 Å². The second-order valence-corrected chi connectivity index (χ2v) is 16.4. The molecule has 0 amide bonds. The van der Waals surface area contributed by atoms with Crippen molar-refractivity contribution in [2.24, 2.45) is 0 Å². The molecular formula is C52H92O6. The van der Waals surface area contributed by atoms with Crippen LogP contribution in [-0.4, -0.2) is 37.2 Å². The van der Waals surface area contributed by atoms with Crippen LogP contribution in [0.2, 0.25) is 0 Å². The van der Waals surface area contributed by atoms with Crippen molar-refractivity contribution in [3.8, 4) is 0 Å². The van der Waals surface area contributed by atoms with Gasteiger partial charge in [0.05, 0.1) is 0 Å². The molecular weight excluding hydrogens is 721 g/mol. The summed E-state index contributed by atoms with van der Waals surface area (Å²) >= 11 is 0. The molecule has 0 fully saturated rings. The van der Waals surface area contributed by atoms with Crippen molar-refractivity contribution in [1.82, 2.24) is 0 Å². The lowest BCUT2D eigenvalue weighted by Gasteiger charge is -2.18. The average Bonchev–Trinajstić information content (AvgIpc) is 3.22. The molecule has 0 heterocycles. The molecule has 0 rings (SSSR count). The van der Waals surface area contributed by atoms with Crippen LogP contribution in [0, 0.1) is 0 Å². The van der Waals surface area contributed by atoms with Crippen LogP contribution >= 0.6 is 0 Å². The van der Waals surface area contributed by atoms with Gasteiger partial charge in [0.15, 0.2) is 6.10 Å². The first-order chi connectivity index (χ1) is 28.5. The van der Waals surface area contributed by atoms with E-state index in [1.165, 1.54) is 122 Å². The summed E-state index contributed by atoms with van der Waals surface area (Å²) in [5.41, 5.74) is 0. The first-order valence-electron chi connectivity index (χ1n) is 24.6. The van der Waals surface area contributed by atoms with Crippen LogP contribution < -0.4 is 0 Å². The largest absolute Gasteiger partial charge is 0.462 e. The predicted octanol–water partition coefficient (Wildman–Crippen LogP) is 15.9. The molecule has 0 N–H and O–H groups in total. The lowest BCUT2D eigenvalue weighted by atomic mass is 10.0. The maximum atomic E-state index is 12.6. The van der Waals surface area contributed by atoms with Crippen molar-refractivity contribution < 1.29 is 28.6 Å². The minimum Gasteiger partial charge on any atom is -0.462 e. The molecule has 1 unspecified atom stereocenters. The van der Waals surface area contributed by atoms with Gasteiger partial charge >= 0.3 is 17.9 Å². The molecule has 0 aliphatic rings.